The van der Waals surface area contributed by atoms with Gasteiger partial charge in [0.25, 0.3) is 0 Å². The minimum atomic E-state index is 1.16. The van der Waals surface area contributed by atoms with Gasteiger partial charge in [-0.3, -0.25) is 0 Å². The standard InChI is InChI=1S/C23H35N/c1-3-4-5-6-7-8-9-10-11-14-20-24(2)23-19-15-17-21-16-12-13-18-22(21)23/h12-13,15-19H,3-11,14,20H2,1-2H3. The number of nitrogens with zero attached hydrogens (tertiary/aromatic N) is 1. The average Bonchev–Trinajstić information content (AvgIpc) is 2.62. The maximum absolute atomic E-state index is 2.42. The molecule has 0 fully saturated rings. The second-order valence-electron chi connectivity index (χ2n) is 7.10. The van der Waals surface area contributed by atoms with Crippen molar-refractivity contribution in [2.75, 3.05) is 18.5 Å². The molecule has 132 valence electrons. The molecule has 1 heteroatoms. The molecule has 0 heterocycles. The van der Waals surface area contributed by atoms with Gasteiger partial charge in [0, 0.05) is 24.7 Å². The van der Waals surface area contributed by atoms with E-state index in [1.807, 2.05) is 0 Å². The van der Waals surface area contributed by atoms with Gasteiger partial charge in [-0.05, 0) is 17.9 Å². The highest BCUT2D eigenvalue weighted by Gasteiger charge is 2.05. The molecule has 0 saturated carbocycles. The summed E-state index contributed by atoms with van der Waals surface area (Å²) in [7, 11) is 2.23. The molecule has 0 spiro atoms. The molecule has 0 unspecified atom stereocenters. The quantitative estimate of drug-likeness (QED) is 0.373. The summed E-state index contributed by atoms with van der Waals surface area (Å²) < 4.78 is 0. The Bertz CT molecular complexity index is 570. The van der Waals surface area contributed by atoms with E-state index in [-0.39, 0.29) is 0 Å². The smallest absolute Gasteiger partial charge is 0.0443 e. The molecule has 0 aromatic heterocycles. The molecule has 0 aliphatic rings. The minimum absolute atomic E-state index is 1.16. The lowest BCUT2D eigenvalue weighted by atomic mass is 10.1. The van der Waals surface area contributed by atoms with Crippen molar-refractivity contribution in [1.82, 2.24) is 0 Å². The van der Waals surface area contributed by atoms with E-state index in [0.717, 1.165) is 6.54 Å². The van der Waals surface area contributed by atoms with Crippen LogP contribution in [0, 0.1) is 0 Å². The summed E-state index contributed by atoms with van der Waals surface area (Å²) in [6.07, 6.45) is 14.0. The second kappa shape index (κ2) is 11.1. The molecule has 0 N–H and O–H groups in total. The van der Waals surface area contributed by atoms with E-state index in [2.05, 4.69) is 61.3 Å². The normalized spacial score (nSPS) is 11.1. The van der Waals surface area contributed by atoms with Crippen molar-refractivity contribution in [3.05, 3.63) is 42.5 Å². The van der Waals surface area contributed by atoms with Crippen LogP contribution in [0.15, 0.2) is 42.5 Å². The van der Waals surface area contributed by atoms with Crippen LogP contribution in [0.4, 0.5) is 5.69 Å². The molecule has 0 saturated heterocycles. The van der Waals surface area contributed by atoms with Crippen LogP contribution in [-0.4, -0.2) is 13.6 Å². The first-order valence-corrected chi connectivity index (χ1v) is 10.0. The molecule has 2 aromatic carbocycles. The van der Waals surface area contributed by atoms with Crippen molar-refractivity contribution in [3.63, 3.8) is 0 Å². The van der Waals surface area contributed by atoms with E-state index in [1.165, 1.54) is 80.7 Å². The Labute approximate surface area is 149 Å². The molecular formula is C23H35N. The van der Waals surface area contributed by atoms with E-state index >= 15 is 0 Å². The molecule has 24 heavy (non-hydrogen) atoms. The monoisotopic (exact) mass is 325 g/mol. The van der Waals surface area contributed by atoms with Gasteiger partial charge in [-0.15, -0.1) is 0 Å². The van der Waals surface area contributed by atoms with Crippen molar-refractivity contribution in [1.29, 1.82) is 0 Å². The summed E-state index contributed by atoms with van der Waals surface area (Å²) in [5, 5.41) is 2.71. The van der Waals surface area contributed by atoms with Gasteiger partial charge in [-0.25, -0.2) is 0 Å². The maximum atomic E-state index is 2.42. The highest BCUT2D eigenvalue weighted by molar-refractivity contribution is 5.94. The van der Waals surface area contributed by atoms with E-state index in [9.17, 15) is 0 Å². The molecular weight excluding hydrogens is 290 g/mol. The van der Waals surface area contributed by atoms with E-state index in [1.54, 1.807) is 0 Å². The lowest BCUT2D eigenvalue weighted by Gasteiger charge is -2.21. The summed E-state index contributed by atoms with van der Waals surface area (Å²) in [6.45, 7) is 3.44. The van der Waals surface area contributed by atoms with Crippen molar-refractivity contribution < 1.29 is 0 Å². The summed E-state index contributed by atoms with van der Waals surface area (Å²) in [6, 6.07) is 15.3. The number of fused-ring (bicyclic) bond motifs is 1. The number of hydrogen-bond donors (Lipinski definition) is 0. The lowest BCUT2D eigenvalue weighted by Crippen LogP contribution is -2.18. The Morgan fingerprint density at radius 1 is 0.667 bits per heavy atom. The van der Waals surface area contributed by atoms with E-state index in [4.69, 9.17) is 0 Å². The topological polar surface area (TPSA) is 3.24 Å². The van der Waals surface area contributed by atoms with Crippen LogP contribution in [-0.2, 0) is 0 Å². The van der Waals surface area contributed by atoms with Crippen LogP contribution in [0.3, 0.4) is 0 Å². The summed E-state index contributed by atoms with van der Waals surface area (Å²) in [5.41, 5.74) is 1.36. The predicted molar refractivity (Wildman–Crippen MR) is 109 cm³/mol. The SMILES string of the molecule is CCCCCCCCCCCCN(C)c1cccc2ccccc12. The second-order valence-corrected chi connectivity index (χ2v) is 7.10. The van der Waals surface area contributed by atoms with Crippen LogP contribution < -0.4 is 4.90 Å². The van der Waals surface area contributed by atoms with Crippen LogP contribution in [0.2, 0.25) is 0 Å². The highest BCUT2D eigenvalue weighted by Crippen LogP contribution is 2.26. The highest BCUT2D eigenvalue weighted by atomic mass is 15.1. The zero-order valence-corrected chi connectivity index (χ0v) is 15.8. The first-order chi connectivity index (χ1) is 11.8. The zero-order valence-electron chi connectivity index (χ0n) is 15.8. The van der Waals surface area contributed by atoms with Crippen LogP contribution in [0.1, 0.15) is 71.1 Å². The predicted octanol–water partition coefficient (Wildman–Crippen LogP) is 7.20. The third kappa shape index (κ3) is 6.19. The molecule has 0 radical (unpaired) electrons. The molecule has 1 nitrogen and oxygen atoms in total. The number of rotatable bonds is 12. The van der Waals surface area contributed by atoms with Crippen molar-refractivity contribution in [3.8, 4) is 0 Å². The average molecular weight is 326 g/mol. The van der Waals surface area contributed by atoms with Gasteiger partial charge in [0.05, 0.1) is 0 Å². The molecule has 2 rings (SSSR count). The molecule has 0 aliphatic carbocycles. The molecule has 2 aromatic rings. The Hall–Kier alpha value is -1.50. The Morgan fingerprint density at radius 3 is 1.96 bits per heavy atom. The Kier molecular flexibility index (Phi) is 8.73. The summed E-state index contributed by atoms with van der Waals surface area (Å²) in [5.74, 6) is 0. The van der Waals surface area contributed by atoms with E-state index in [0.29, 0.717) is 0 Å². The number of unbranched alkanes of at least 4 members (excludes halogenated alkanes) is 9. The van der Waals surface area contributed by atoms with E-state index < -0.39 is 0 Å². The molecule has 0 atom stereocenters. The van der Waals surface area contributed by atoms with Gasteiger partial charge >= 0.3 is 0 Å². The number of hydrogen-bond acceptors (Lipinski definition) is 1. The summed E-state index contributed by atoms with van der Waals surface area (Å²) in [4.78, 5) is 2.42. The van der Waals surface area contributed by atoms with Gasteiger partial charge in [-0.2, -0.15) is 0 Å². The first-order valence-electron chi connectivity index (χ1n) is 10.0. The van der Waals surface area contributed by atoms with Crippen molar-refractivity contribution in [2.24, 2.45) is 0 Å². The third-order valence-corrected chi connectivity index (χ3v) is 5.02. The Morgan fingerprint density at radius 2 is 1.25 bits per heavy atom. The molecule has 0 amide bonds. The molecule has 0 aliphatic heterocycles. The fourth-order valence-corrected chi connectivity index (χ4v) is 3.50. The van der Waals surface area contributed by atoms with Crippen molar-refractivity contribution in [2.45, 2.75) is 71.1 Å². The molecule has 0 bridgehead atoms. The summed E-state index contributed by atoms with van der Waals surface area (Å²) >= 11 is 0. The lowest BCUT2D eigenvalue weighted by molar-refractivity contribution is 0.556. The fourth-order valence-electron chi connectivity index (χ4n) is 3.50. The van der Waals surface area contributed by atoms with Crippen LogP contribution in [0.5, 0.6) is 0 Å². The first kappa shape index (κ1) is 18.8. The van der Waals surface area contributed by atoms with Gasteiger partial charge in [0.2, 0.25) is 0 Å². The number of anilines is 1. The number of benzene rings is 2. The van der Waals surface area contributed by atoms with Crippen molar-refractivity contribution >= 4 is 16.5 Å². The van der Waals surface area contributed by atoms with Crippen LogP contribution >= 0.6 is 0 Å². The Balaban J connectivity index is 1.62. The fraction of sp³-hybridized carbons (Fsp3) is 0.565. The van der Waals surface area contributed by atoms with Gasteiger partial charge in [0.15, 0.2) is 0 Å². The van der Waals surface area contributed by atoms with Gasteiger partial charge < -0.3 is 4.90 Å². The zero-order chi connectivity index (χ0) is 17.0. The third-order valence-electron chi connectivity index (χ3n) is 5.02. The maximum Gasteiger partial charge on any atom is 0.0443 e. The largest absolute Gasteiger partial charge is 0.374 e. The minimum Gasteiger partial charge on any atom is -0.374 e. The van der Waals surface area contributed by atoms with Gasteiger partial charge in [0.1, 0.15) is 0 Å². The van der Waals surface area contributed by atoms with Gasteiger partial charge in [-0.1, -0.05) is 101 Å². The van der Waals surface area contributed by atoms with Crippen LogP contribution in [0.25, 0.3) is 10.8 Å².